The van der Waals surface area contributed by atoms with E-state index >= 15 is 0 Å². The molecule has 0 rings (SSSR count). The second-order valence-corrected chi connectivity index (χ2v) is 3.30. The molecular weight excluding hydrogens is 151 g/mol. The lowest BCUT2D eigenvalue weighted by Crippen LogP contribution is -2.03. The molecule has 62 valence electrons. The molecule has 0 aliphatic carbocycles. The van der Waals surface area contributed by atoms with E-state index in [-0.39, 0.29) is 6.10 Å². The molecule has 0 aliphatic rings. The highest BCUT2D eigenvalue weighted by Gasteiger charge is 2.10. The van der Waals surface area contributed by atoms with Gasteiger partial charge in [-0.3, -0.25) is 0 Å². The molecule has 0 aliphatic heterocycles. The lowest BCUT2D eigenvalue weighted by Gasteiger charge is -2.15. The first-order chi connectivity index (χ1) is 4.74. The Morgan fingerprint density at radius 3 is 2.10 bits per heavy atom. The molecule has 0 N–H and O–H groups in total. The molecule has 1 atom stereocenters. The van der Waals surface area contributed by atoms with Crippen LogP contribution in [0.5, 0.6) is 0 Å². The smallest absolute Gasteiger partial charge is 0.316 e. The van der Waals surface area contributed by atoms with Gasteiger partial charge in [0.1, 0.15) is 0 Å². The standard InChI is InChI=1S/C6H15O3P/c1-5-6(2)9-10(7-3)8-4/h6H,5H2,1-4H3. The Kier molecular flexibility index (Phi) is 6.24. The molecule has 0 saturated heterocycles. The molecule has 0 amide bonds. The van der Waals surface area contributed by atoms with Gasteiger partial charge in [-0.1, -0.05) is 6.92 Å². The topological polar surface area (TPSA) is 27.7 Å². The van der Waals surface area contributed by atoms with Crippen molar-refractivity contribution < 1.29 is 13.6 Å². The minimum Gasteiger partial charge on any atom is -0.316 e. The van der Waals surface area contributed by atoms with Crippen LogP contribution in [0.2, 0.25) is 0 Å². The van der Waals surface area contributed by atoms with Gasteiger partial charge in [-0.05, 0) is 13.3 Å². The van der Waals surface area contributed by atoms with Gasteiger partial charge in [0, 0.05) is 14.2 Å². The average Bonchev–Trinajstić information content (AvgIpc) is 1.99. The van der Waals surface area contributed by atoms with Gasteiger partial charge in [0.2, 0.25) is 0 Å². The predicted octanol–water partition coefficient (Wildman–Crippen LogP) is 2.32. The second kappa shape index (κ2) is 6.05. The quantitative estimate of drug-likeness (QED) is 0.586. The zero-order valence-corrected chi connectivity index (χ0v) is 7.85. The fourth-order valence-corrected chi connectivity index (χ4v) is 1.15. The minimum absolute atomic E-state index is 0.214. The second-order valence-electron chi connectivity index (χ2n) is 1.91. The Balaban J connectivity index is 3.41. The summed E-state index contributed by atoms with van der Waals surface area (Å²) >= 11 is 0. The lowest BCUT2D eigenvalue weighted by atomic mass is 10.3. The molecule has 0 aromatic carbocycles. The van der Waals surface area contributed by atoms with E-state index in [9.17, 15) is 0 Å². The number of hydrogen-bond acceptors (Lipinski definition) is 3. The summed E-state index contributed by atoms with van der Waals surface area (Å²) in [6.07, 6.45) is 1.19. The van der Waals surface area contributed by atoms with Crippen molar-refractivity contribution in [2.45, 2.75) is 26.4 Å². The predicted molar refractivity (Wildman–Crippen MR) is 41.8 cm³/mol. The van der Waals surface area contributed by atoms with Crippen molar-refractivity contribution in [2.75, 3.05) is 14.2 Å². The molecule has 0 fully saturated rings. The third kappa shape index (κ3) is 4.18. The van der Waals surface area contributed by atoms with Gasteiger partial charge in [0.05, 0.1) is 6.10 Å². The van der Waals surface area contributed by atoms with E-state index in [0.717, 1.165) is 6.42 Å². The van der Waals surface area contributed by atoms with Crippen LogP contribution in [0.25, 0.3) is 0 Å². The highest BCUT2D eigenvalue weighted by Crippen LogP contribution is 2.38. The van der Waals surface area contributed by atoms with Crippen molar-refractivity contribution in [1.82, 2.24) is 0 Å². The summed E-state index contributed by atoms with van der Waals surface area (Å²) < 4.78 is 15.1. The van der Waals surface area contributed by atoms with Crippen LogP contribution in [0.15, 0.2) is 0 Å². The van der Waals surface area contributed by atoms with Crippen molar-refractivity contribution in [2.24, 2.45) is 0 Å². The number of rotatable bonds is 5. The Morgan fingerprint density at radius 1 is 1.30 bits per heavy atom. The molecule has 1 unspecified atom stereocenters. The Morgan fingerprint density at radius 2 is 1.80 bits per heavy atom. The van der Waals surface area contributed by atoms with Gasteiger partial charge in [0.15, 0.2) is 0 Å². The fraction of sp³-hybridized carbons (Fsp3) is 1.00. The van der Waals surface area contributed by atoms with Gasteiger partial charge >= 0.3 is 8.60 Å². The van der Waals surface area contributed by atoms with E-state index < -0.39 is 8.60 Å². The Labute approximate surface area is 63.7 Å². The maximum absolute atomic E-state index is 5.32. The zero-order chi connectivity index (χ0) is 7.98. The molecule has 0 aromatic heterocycles. The maximum Gasteiger partial charge on any atom is 0.332 e. The van der Waals surface area contributed by atoms with Crippen LogP contribution in [0.4, 0.5) is 0 Å². The van der Waals surface area contributed by atoms with Crippen LogP contribution < -0.4 is 0 Å². The third-order valence-electron chi connectivity index (χ3n) is 1.14. The summed E-state index contributed by atoms with van der Waals surface area (Å²) in [5.41, 5.74) is 0. The first-order valence-electron chi connectivity index (χ1n) is 3.29. The van der Waals surface area contributed by atoms with Crippen LogP contribution in [0.3, 0.4) is 0 Å². The van der Waals surface area contributed by atoms with Crippen molar-refractivity contribution in [3.05, 3.63) is 0 Å². The van der Waals surface area contributed by atoms with E-state index in [4.69, 9.17) is 13.6 Å². The highest BCUT2D eigenvalue weighted by molar-refractivity contribution is 7.41. The first kappa shape index (κ1) is 10.3. The third-order valence-corrected chi connectivity index (χ3v) is 2.27. The molecule has 3 nitrogen and oxygen atoms in total. The molecule has 4 heteroatoms. The molecule has 0 spiro atoms. The van der Waals surface area contributed by atoms with Crippen LogP contribution in [-0.4, -0.2) is 20.3 Å². The van der Waals surface area contributed by atoms with E-state index in [2.05, 4.69) is 6.92 Å². The molecular formula is C6H15O3P. The Hall–Kier alpha value is 0.310. The zero-order valence-electron chi connectivity index (χ0n) is 6.96. The Bertz CT molecular complexity index is 75.4. The van der Waals surface area contributed by atoms with Gasteiger partial charge in [-0.2, -0.15) is 0 Å². The lowest BCUT2D eigenvalue weighted by molar-refractivity contribution is 0.154. The van der Waals surface area contributed by atoms with Crippen LogP contribution in [0.1, 0.15) is 20.3 Å². The van der Waals surface area contributed by atoms with Gasteiger partial charge in [0.25, 0.3) is 0 Å². The maximum atomic E-state index is 5.32. The van der Waals surface area contributed by atoms with E-state index in [1.807, 2.05) is 6.92 Å². The highest BCUT2D eigenvalue weighted by atomic mass is 31.2. The van der Waals surface area contributed by atoms with Crippen molar-refractivity contribution >= 4 is 8.60 Å². The van der Waals surface area contributed by atoms with E-state index in [1.165, 1.54) is 0 Å². The molecule has 0 radical (unpaired) electrons. The summed E-state index contributed by atoms with van der Waals surface area (Å²) in [5.74, 6) is 0. The summed E-state index contributed by atoms with van der Waals surface area (Å²) in [5, 5.41) is 0. The van der Waals surface area contributed by atoms with Crippen molar-refractivity contribution in [3.8, 4) is 0 Å². The largest absolute Gasteiger partial charge is 0.332 e. The fourth-order valence-electron chi connectivity index (χ4n) is 0.382. The molecule has 0 heterocycles. The van der Waals surface area contributed by atoms with Gasteiger partial charge in [-0.15, -0.1) is 0 Å². The first-order valence-corrected chi connectivity index (χ1v) is 4.39. The van der Waals surface area contributed by atoms with Crippen molar-refractivity contribution in [3.63, 3.8) is 0 Å². The van der Waals surface area contributed by atoms with Crippen molar-refractivity contribution in [1.29, 1.82) is 0 Å². The monoisotopic (exact) mass is 166 g/mol. The number of hydrogen-bond donors (Lipinski definition) is 0. The summed E-state index contributed by atoms with van der Waals surface area (Å²) in [6.45, 7) is 4.05. The molecule has 0 bridgehead atoms. The van der Waals surface area contributed by atoms with E-state index in [0.29, 0.717) is 0 Å². The molecule has 0 aromatic rings. The molecule has 10 heavy (non-hydrogen) atoms. The summed E-state index contributed by atoms with van der Waals surface area (Å²) in [4.78, 5) is 0. The summed E-state index contributed by atoms with van der Waals surface area (Å²) in [6, 6.07) is 0. The van der Waals surface area contributed by atoms with Crippen LogP contribution in [0, 0.1) is 0 Å². The van der Waals surface area contributed by atoms with Gasteiger partial charge < -0.3 is 13.6 Å². The summed E-state index contributed by atoms with van der Waals surface area (Å²) in [7, 11) is 2.06. The van der Waals surface area contributed by atoms with Crippen LogP contribution in [-0.2, 0) is 13.6 Å². The normalized spacial score (nSPS) is 14.1. The average molecular weight is 166 g/mol. The van der Waals surface area contributed by atoms with Crippen LogP contribution >= 0.6 is 8.60 Å². The van der Waals surface area contributed by atoms with Gasteiger partial charge in [-0.25, -0.2) is 0 Å². The molecule has 0 saturated carbocycles. The minimum atomic E-state index is -1.10. The SMILES string of the molecule is CCC(C)OP(OC)OC. The van der Waals surface area contributed by atoms with E-state index in [1.54, 1.807) is 14.2 Å².